The fourth-order valence-corrected chi connectivity index (χ4v) is 2.15. The van der Waals surface area contributed by atoms with E-state index in [9.17, 15) is 4.79 Å². The summed E-state index contributed by atoms with van der Waals surface area (Å²) in [6.07, 6.45) is 1.46. The Hall–Kier alpha value is -2.37. The largest absolute Gasteiger partial charge is 0.493 e. The zero-order valence-electron chi connectivity index (χ0n) is 12.7. The molecule has 2 aromatic rings. The van der Waals surface area contributed by atoms with Crippen molar-refractivity contribution in [3.8, 4) is 17.2 Å². The molecule has 0 N–H and O–H groups in total. The highest BCUT2D eigenvalue weighted by Crippen LogP contribution is 2.29. The number of aldehydes is 1. The van der Waals surface area contributed by atoms with Crippen LogP contribution >= 0.6 is 0 Å². The second-order valence-corrected chi connectivity index (χ2v) is 5.09. The highest BCUT2D eigenvalue weighted by molar-refractivity contribution is 5.73. The number of carbonyl (C=O) groups excluding carboxylic acids is 1. The molecule has 1 aromatic heterocycles. The van der Waals surface area contributed by atoms with Crippen LogP contribution in [0, 0.1) is 5.92 Å². The first-order chi connectivity index (χ1) is 10.1. The van der Waals surface area contributed by atoms with Gasteiger partial charge in [0.2, 0.25) is 0 Å². The van der Waals surface area contributed by atoms with Gasteiger partial charge in [-0.3, -0.25) is 4.79 Å². The van der Waals surface area contributed by atoms with Gasteiger partial charge >= 0.3 is 0 Å². The molecule has 21 heavy (non-hydrogen) atoms. The Bertz CT molecular complexity index is 635. The van der Waals surface area contributed by atoms with Gasteiger partial charge in [-0.25, -0.2) is 4.68 Å². The third-order valence-electron chi connectivity index (χ3n) is 3.12. The van der Waals surface area contributed by atoms with Crippen molar-refractivity contribution in [3.63, 3.8) is 0 Å². The maximum absolute atomic E-state index is 11.1. The first-order valence-corrected chi connectivity index (χ1v) is 6.72. The summed E-state index contributed by atoms with van der Waals surface area (Å²) in [6.45, 7) is 4.17. The normalized spacial score (nSPS) is 10.7. The Morgan fingerprint density at radius 2 is 1.95 bits per heavy atom. The van der Waals surface area contributed by atoms with E-state index in [1.807, 2.05) is 12.1 Å². The molecule has 112 valence electrons. The molecular formula is C15H19N3O3. The van der Waals surface area contributed by atoms with Crippen LogP contribution in [-0.2, 0) is 6.42 Å². The van der Waals surface area contributed by atoms with E-state index in [0.717, 1.165) is 24.1 Å². The lowest BCUT2D eigenvalue weighted by atomic mass is 10.1. The van der Waals surface area contributed by atoms with Gasteiger partial charge in [-0.1, -0.05) is 19.1 Å². The van der Waals surface area contributed by atoms with E-state index >= 15 is 0 Å². The number of aromatic nitrogens is 3. The van der Waals surface area contributed by atoms with Gasteiger partial charge in [0.05, 0.1) is 25.6 Å². The summed E-state index contributed by atoms with van der Waals surface area (Å²) in [5, 5.41) is 8.02. The summed E-state index contributed by atoms with van der Waals surface area (Å²) >= 11 is 0. The lowest BCUT2D eigenvalue weighted by Gasteiger charge is -2.12. The van der Waals surface area contributed by atoms with Gasteiger partial charge in [-0.15, -0.1) is 5.10 Å². The zero-order chi connectivity index (χ0) is 15.4. The van der Waals surface area contributed by atoms with Crippen LogP contribution in [0.1, 0.15) is 30.0 Å². The maximum atomic E-state index is 11.1. The zero-order valence-corrected chi connectivity index (χ0v) is 12.7. The number of ether oxygens (including phenoxy) is 2. The number of nitrogens with zero attached hydrogens (tertiary/aromatic N) is 3. The van der Waals surface area contributed by atoms with Gasteiger partial charge in [0.25, 0.3) is 0 Å². The van der Waals surface area contributed by atoms with Crippen LogP contribution in [0.5, 0.6) is 11.5 Å². The molecule has 0 aliphatic heterocycles. The third kappa shape index (κ3) is 3.04. The van der Waals surface area contributed by atoms with Crippen LogP contribution in [0.4, 0.5) is 0 Å². The van der Waals surface area contributed by atoms with Crippen LogP contribution < -0.4 is 9.47 Å². The average Bonchev–Trinajstić information content (AvgIpc) is 2.88. The van der Waals surface area contributed by atoms with E-state index in [2.05, 4.69) is 24.2 Å². The summed E-state index contributed by atoms with van der Waals surface area (Å²) < 4.78 is 12.2. The number of carbonyl (C=O) groups is 1. The molecule has 0 fully saturated rings. The summed E-state index contributed by atoms with van der Waals surface area (Å²) in [6, 6.07) is 5.47. The number of methoxy groups -OCH3 is 2. The highest BCUT2D eigenvalue weighted by atomic mass is 16.5. The summed E-state index contributed by atoms with van der Waals surface area (Å²) in [7, 11) is 3.16. The molecule has 0 aliphatic carbocycles. The maximum Gasteiger partial charge on any atom is 0.172 e. The Labute approximate surface area is 123 Å². The van der Waals surface area contributed by atoms with E-state index in [-0.39, 0.29) is 0 Å². The van der Waals surface area contributed by atoms with Gasteiger partial charge in [-0.05, 0) is 24.5 Å². The summed E-state index contributed by atoms with van der Waals surface area (Å²) in [5.74, 6) is 1.64. The van der Waals surface area contributed by atoms with E-state index in [4.69, 9.17) is 9.47 Å². The molecule has 6 heteroatoms. The molecule has 0 unspecified atom stereocenters. The molecule has 6 nitrogen and oxygen atoms in total. The molecule has 1 aromatic carbocycles. The number of benzene rings is 1. The molecular weight excluding hydrogens is 270 g/mol. The predicted octanol–water partition coefficient (Wildman–Crippen LogP) is 2.30. The number of rotatable bonds is 6. The van der Waals surface area contributed by atoms with Crippen molar-refractivity contribution in [2.75, 3.05) is 14.2 Å². The van der Waals surface area contributed by atoms with Crippen LogP contribution in [0.2, 0.25) is 0 Å². The van der Waals surface area contributed by atoms with E-state index in [0.29, 0.717) is 23.1 Å². The van der Waals surface area contributed by atoms with E-state index in [1.54, 1.807) is 25.0 Å². The monoisotopic (exact) mass is 289 g/mol. The Morgan fingerprint density at radius 3 is 2.52 bits per heavy atom. The topological polar surface area (TPSA) is 66.2 Å². The van der Waals surface area contributed by atoms with Crippen LogP contribution in [0.25, 0.3) is 5.69 Å². The third-order valence-corrected chi connectivity index (χ3v) is 3.12. The van der Waals surface area contributed by atoms with E-state index < -0.39 is 0 Å². The number of hydrogen-bond acceptors (Lipinski definition) is 5. The molecule has 0 spiro atoms. The molecule has 1 heterocycles. The summed E-state index contributed by atoms with van der Waals surface area (Å²) in [4.78, 5) is 11.1. The van der Waals surface area contributed by atoms with Crippen LogP contribution in [0.3, 0.4) is 0 Å². The lowest BCUT2D eigenvalue weighted by Crippen LogP contribution is -2.07. The van der Waals surface area contributed by atoms with Crippen molar-refractivity contribution in [1.82, 2.24) is 15.0 Å². The Balaban J connectivity index is 2.51. The molecule has 0 atom stereocenters. The Morgan fingerprint density at radius 1 is 1.24 bits per heavy atom. The van der Waals surface area contributed by atoms with Gasteiger partial charge < -0.3 is 9.47 Å². The standard InChI is InChI=1S/C15H19N3O3/c1-10(2)7-13-12(9-19)16-17-18(13)11-5-6-14(20-3)15(8-11)21-4/h5-6,8-10H,7H2,1-4H3. The lowest BCUT2D eigenvalue weighted by molar-refractivity contribution is 0.111. The smallest absolute Gasteiger partial charge is 0.172 e. The van der Waals surface area contributed by atoms with Crippen molar-refractivity contribution >= 4 is 6.29 Å². The summed E-state index contributed by atoms with van der Waals surface area (Å²) in [5.41, 5.74) is 1.95. The quantitative estimate of drug-likeness (QED) is 0.763. The minimum absolute atomic E-state index is 0.374. The van der Waals surface area contributed by atoms with Crippen molar-refractivity contribution in [2.24, 2.45) is 5.92 Å². The van der Waals surface area contributed by atoms with Gasteiger partial charge in [0.1, 0.15) is 5.69 Å². The predicted molar refractivity (Wildman–Crippen MR) is 78.4 cm³/mol. The molecule has 0 saturated carbocycles. The minimum atomic E-state index is 0.374. The molecule has 2 rings (SSSR count). The average molecular weight is 289 g/mol. The second-order valence-electron chi connectivity index (χ2n) is 5.09. The Kier molecular flexibility index (Phi) is 4.57. The first-order valence-electron chi connectivity index (χ1n) is 6.72. The molecule has 0 saturated heterocycles. The second kappa shape index (κ2) is 6.39. The van der Waals surface area contributed by atoms with Crippen molar-refractivity contribution < 1.29 is 14.3 Å². The van der Waals surface area contributed by atoms with Gasteiger partial charge in [0, 0.05) is 6.07 Å². The first kappa shape index (κ1) is 15.0. The molecule has 0 bridgehead atoms. The fourth-order valence-electron chi connectivity index (χ4n) is 2.15. The molecule has 0 aliphatic rings. The molecule has 0 radical (unpaired) electrons. The van der Waals surface area contributed by atoms with Crippen molar-refractivity contribution in [3.05, 3.63) is 29.6 Å². The van der Waals surface area contributed by atoms with Crippen LogP contribution in [0.15, 0.2) is 18.2 Å². The fraction of sp³-hybridized carbons (Fsp3) is 0.400. The van der Waals surface area contributed by atoms with E-state index in [1.165, 1.54) is 0 Å². The van der Waals surface area contributed by atoms with Crippen LogP contribution in [-0.4, -0.2) is 35.5 Å². The van der Waals surface area contributed by atoms with Crippen molar-refractivity contribution in [2.45, 2.75) is 20.3 Å². The SMILES string of the molecule is COc1ccc(-n2nnc(C=O)c2CC(C)C)cc1OC. The minimum Gasteiger partial charge on any atom is -0.493 e. The van der Waals surface area contributed by atoms with Crippen molar-refractivity contribution in [1.29, 1.82) is 0 Å². The number of hydrogen-bond donors (Lipinski definition) is 0. The van der Waals surface area contributed by atoms with Gasteiger partial charge in [-0.2, -0.15) is 0 Å². The highest BCUT2D eigenvalue weighted by Gasteiger charge is 2.16. The van der Waals surface area contributed by atoms with Gasteiger partial charge in [0.15, 0.2) is 17.8 Å². The molecule has 0 amide bonds.